The van der Waals surface area contributed by atoms with Crippen LogP contribution in [0.3, 0.4) is 0 Å². The monoisotopic (exact) mass is 355 g/mol. The molecule has 1 unspecified atom stereocenters. The van der Waals surface area contributed by atoms with Crippen LogP contribution < -0.4 is 15.4 Å². The van der Waals surface area contributed by atoms with Crippen LogP contribution in [-0.2, 0) is 0 Å². The molecular formula is C18H18ClN5O. The van der Waals surface area contributed by atoms with Gasteiger partial charge in [0, 0.05) is 16.1 Å². The van der Waals surface area contributed by atoms with E-state index < -0.39 is 6.17 Å². The smallest absolute Gasteiger partial charge is 0.156 e. The zero-order chi connectivity index (χ0) is 18.1. The van der Waals surface area contributed by atoms with Crippen molar-refractivity contribution in [2.75, 3.05) is 12.0 Å². The first-order valence-electron chi connectivity index (χ1n) is 7.64. The minimum atomic E-state index is -0.885. The summed E-state index contributed by atoms with van der Waals surface area (Å²) in [6, 6.07) is 12.7. The summed E-state index contributed by atoms with van der Waals surface area (Å²) in [5.41, 5.74) is 8.97. The number of benzodiazepines with no additional fused rings is 1. The van der Waals surface area contributed by atoms with Crippen LogP contribution in [0.2, 0.25) is 5.02 Å². The Balaban J connectivity index is 2.28. The van der Waals surface area contributed by atoms with Gasteiger partial charge in [0.2, 0.25) is 0 Å². The molecule has 25 heavy (non-hydrogen) atoms. The van der Waals surface area contributed by atoms with E-state index in [4.69, 9.17) is 32.9 Å². The molecule has 0 radical (unpaired) electrons. The molecule has 1 aliphatic rings. The quantitative estimate of drug-likeness (QED) is 0.569. The zero-order valence-corrected chi connectivity index (χ0v) is 14.6. The van der Waals surface area contributed by atoms with Crippen molar-refractivity contribution < 1.29 is 4.74 Å². The van der Waals surface area contributed by atoms with Crippen molar-refractivity contribution in [3.05, 3.63) is 58.6 Å². The molecule has 0 saturated carbocycles. The van der Waals surface area contributed by atoms with E-state index in [-0.39, 0.29) is 11.7 Å². The molecule has 1 aliphatic heterocycles. The number of methoxy groups -OCH3 is 1. The van der Waals surface area contributed by atoms with Gasteiger partial charge in [0.1, 0.15) is 17.4 Å². The first kappa shape index (κ1) is 17.1. The minimum Gasteiger partial charge on any atom is -0.497 e. The SMILES string of the molecule is COc1ccc2c(c1)C(c1ccc(Cl)cc1)=NC(N)C(=N)N2C(C)=N. The van der Waals surface area contributed by atoms with Crippen molar-refractivity contribution in [3.63, 3.8) is 0 Å². The van der Waals surface area contributed by atoms with Crippen LogP contribution in [0, 0.1) is 10.8 Å². The molecule has 0 bridgehead atoms. The predicted molar refractivity (Wildman–Crippen MR) is 102 cm³/mol. The summed E-state index contributed by atoms with van der Waals surface area (Å²) >= 11 is 5.99. The molecular weight excluding hydrogens is 338 g/mol. The van der Waals surface area contributed by atoms with Crippen LogP contribution in [0.1, 0.15) is 18.1 Å². The van der Waals surface area contributed by atoms with Gasteiger partial charge >= 0.3 is 0 Å². The van der Waals surface area contributed by atoms with E-state index >= 15 is 0 Å². The maximum atomic E-state index is 8.34. The van der Waals surface area contributed by atoms with Crippen LogP contribution >= 0.6 is 11.6 Å². The lowest BCUT2D eigenvalue weighted by molar-refractivity contribution is 0.415. The summed E-state index contributed by atoms with van der Waals surface area (Å²) in [7, 11) is 1.59. The molecule has 7 heteroatoms. The van der Waals surface area contributed by atoms with Crippen molar-refractivity contribution >= 4 is 34.7 Å². The fourth-order valence-electron chi connectivity index (χ4n) is 2.76. The topological polar surface area (TPSA) is 98.6 Å². The number of halogens is 1. The number of hydrogen-bond donors (Lipinski definition) is 3. The first-order chi connectivity index (χ1) is 11.9. The number of benzene rings is 2. The lowest BCUT2D eigenvalue weighted by Gasteiger charge is -2.25. The standard InChI is InChI=1S/C18H18ClN5O/c1-10(20)24-15-8-7-13(25-2)9-14(15)16(23-17(21)18(24)22)11-3-5-12(19)6-4-11/h3-9,17,20,22H,21H2,1-2H3. The molecule has 3 rings (SSSR count). The predicted octanol–water partition coefficient (Wildman–Crippen LogP) is 3.27. The maximum absolute atomic E-state index is 8.34. The summed E-state index contributed by atoms with van der Waals surface area (Å²) in [5.74, 6) is 0.896. The van der Waals surface area contributed by atoms with Crippen LogP contribution in [0.5, 0.6) is 5.75 Å². The summed E-state index contributed by atoms with van der Waals surface area (Å²) < 4.78 is 5.34. The Bertz CT molecular complexity index is 876. The Morgan fingerprint density at radius 3 is 2.52 bits per heavy atom. The Kier molecular flexibility index (Phi) is 4.57. The zero-order valence-electron chi connectivity index (χ0n) is 13.9. The third-order valence-corrected chi connectivity index (χ3v) is 4.19. The number of anilines is 1. The highest BCUT2D eigenvalue weighted by atomic mass is 35.5. The number of rotatable bonds is 2. The van der Waals surface area contributed by atoms with Gasteiger partial charge in [0.15, 0.2) is 6.17 Å². The van der Waals surface area contributed by atoms with Crippen molar-refractivity contribution in [1.82, 2.24) is 0 Å². The first-order valence-corrected chi connectivity index (χ1v) is 8.01. The molecule has 0 spiro atoms. The fraction of sp³-hybridized carbons (Fsp3) is 0.167. The van der Waals surface area contributed by atoms with Gasteiger partial charge in [0.05, 0.1) is 18.5 Å². The van der Waals surface area contributed by atoms with Gasteiger partial charge in [-0.3, -0.25) is 20.7 Å². The second kappa shape index (κ2) is 6.66. The van der Waals surface area contributed by atoms with Gasteiger partial charge in [0.25, 0.3) is 0 Å². The normalized spacial score (nSPS) is 16.8. The fourth-order valence-corrected chi connectivity index (χ4v) is 2.88. The molecule has 128 valence electrons. The second-order valence-electron chi connectivity index (χ2n) is 5.62. The molecule has 1 heterocycles. The van der Waals surface area contributed by atoms with Crippen molar-refractivity contribution in [1.29, 1.82) is 10.8 Å². The molecule has 0 saturated heterocycles. The average molecular weight is 356 g/mol. The number of nitrogens with zero attached hydrogens (tertiary/aromatic N) is 2. The van der Waals surface area contributed by atoms with Crippen LogP contribution in [-0.4, -0.2) is 30.7 Å². The molecule has 2 aromatic rings. The van der Waals surface area contributed by atoms with Crippen molar-refractivity contribution in [2.24, 2.45) is 10.7 Å². The molecule has 1 atom stereocenters. The van der Waals surface area contributed by atoms with E-state index in [1.165, 1.54) is 4.90 Å². The molecule has 2 aromatic carbocycles. The highest BCUT2D eigenvalue weighted by molar-refractivity contribution is 6.31. The van der Waals surface area contributed by atoms with E-state index in [0.29, 0.717) is 22.2 Å². The van der Waals surface area contributed by atoms with Gasteiger partial charge in [-0.05, 0) is 37.3 Å². The van der Waals surface area contributed by atoms with Gasteiger partial charge in [-0.15, -0.1) is 0 Å². The Labute approximate surface area is 150 Å². The summed E-state index contributed by atoms with van der Waals surface area (Å²) in [4.78, 5) is 6.03. The molecule has 6 nitrogen and oxygen atoms in total. The number of ether oxygens (including phenoxy) is 1. The van der Waals surface area contributed by atoms with Gasteiger partial charge in [-0.25, -0.2) is 0 Å². The van der Waals surface area contributed by atoms with E-state index in [0.717, 1.165) is 11.1 Å². The van der Waals surface area contributed by atoms with Crippen molar-refractivity contribution in [2.45, 2.75) is 13.1 Å². The summed E-state index contributed by atoms with van der Waals surface area (Å²) in [5, 5.41) is 17.0. The van der Waals surface area contributed by atoms with Gasteiger partial charge in [-0.1, -0.05) is 23.7 Å². The van der Waals surface area contributed by atoms with Crippen LogP contribution in [0.25, 0.3) is 0 Å². The van der Waals surface area contributed by atoms with E-state index in [2.05, 4.69) is 4.99 Å². The van der Waals surface area contributed by atoms with E-state index in [1.807, 2.05) is 24.3 Å². The largest absolute Gasteiger partial charge is 0.497 e. The summed E-state index contributed by atoms with van der Waals surface area (Å²) in [6.45, 7) is 1.61. The molecule has 0 aromatic heterocycles. The van der Waals surface area contributed by atoms with Crippen LogP contribution in [0.4, 0.5) is 5.69 Å². The Morgan fingerprint density at radius 1 is 1.24 bits per heavy atom. The number of amidine groups is 2. The Morgan fingerprint density at radius 2 is 1.92 bits per heavy atom. The molecule has 0 aliphatic carbocycles. The second-order valence-corrected chi connectivity index (χ2v) is 6.06. The number of fused-ring (bicyclic) bond motifs is 1. The highest BCUT2D eigenvalue weighted by Crippen LogP contribution is 2.31. The van der Waals surface area contributed by atoms with Gasteiger partial charge in [-0.2, -0.15) is 0 Å². The summed E-state index contributed by atoms with van der Waals surface area (Å²) in [6.07, 6.45) is -0.885. The molecule has 0 amide bonds. The minimum absolute atomic E-state index is 0.0443. The van der Waals surface area contributed by atoms with E-state index in [1.54, 1.807) is 32.2 Å². The molecule has 4 N–H and O–H groups in total. The molecule has 0 fully saturated rings. The highest BCUT2D eigenvalue weighted by Gasteiger charge is 2.29. The lowest BCUT2D eigenvalue weighted by Crippen LogP contribution is -2.44. The third-order valence-electron chi connectivity index (χ3n) is 3.94. The number of hydrogen-bond acceptors (Lipinski definition) is 5. The third kappa shape index (κ3) is 3.14. The lowest BCUT2D eigenvalue weighted by atomic mass is 9.99. The van der Waals surface area contributed by atoms with E-state index in [9.17, 15) is 0 Å². The number of aliphatic imine (C=N–C) groups is 1. The average Bonchev–Trinajstić information content (AvgIpc) is 2.70. The number of nitrogens with two attached hydrogens (primary N) is 1. The maximum Gasteiger partial charge on any atom is 0.156 e. The van der Waals surface area contributed by atoms with Crippen LogP contribution in [0.15, 0.2) is 47.5 Å². The van der Waals surface area contributed by atoms with Crippen molar-refractivity contribution in [3.8, 4) is 5.75 Å². The van der Waals surface area contributed by atoms with Gasteiger partial charge < -0.3 is 10.5 Å². The Hall–Kier alpha value is -2.70. The number of nitrogens with one attached hydrogen (secondary N) is 2.